The van der Waals surface area contributed by atoms with Crippen molar-refractivity contribution in [1.82, 2.24) is 10.6 Å². The molecule has 1 aliphatic rings. The molecule has 0 radical (unpaired) electrons. The normalized spacial score (nSPS) is 17.5. The van der Waals surface area contributed by atoms with Gasteiger partial charge in [-0.25, -0.2) is 0 Å². The van der Waals surface area contributed by atoms with Crippen LogP contribution in [0.25, 0.3) is 0 Å². The van der Waals surface area contributed by atoms with Crippen molar-refractivity contribution in [3.63, 3.8) is 0 Å². The predicted molar refractivity (Wildman–Crippen MR) is 74.0 cm³/mol. The molecule has 2 amide bonds. The summed E-state index contributed by atoms with van der Waals surface area (Å²) in [4.78, 5) is 23.8. The number of nitrogens with one attached hydrogen (secondary N) is 3. The van der Waals surface area contributed by atoms with E-state index in [0.717, 1.165) is 24.3 Å². The van der Waals surface area contributed by atoms with Crippen molar-refractivity contribution in [1.29, 1.82) is 0 Å². The Labute approximate surface area is 112 Å². The van der Waals surface area contributed by atoms with E-state index < -0.39 is 0 Å². The highest BCUT2D eigenvalue weighted by atomic mass is 16.2. The van der Waals surface area contributed by atoms with Crippen LogP contribution in [0.4, 0.5) is 5.69 Å². The molecule has 0 fully saturated rings. The zero-order valence-corrected chi connectivity index (χ0v) is 11.0. The Morgan fingerprint density at radius 2 is 2.16 bits per heavy atom. The maximum Gasteiger partial charge on any atom is 0.228 e. The third-order valence-electron chi connectivity index (χ3n) is 3.17. The van der Waals surface area contributed by atoms with E-state index in [1.807, 2.05) is 31.2 Å². The van der Waals surface area contributed by atoms with E-state index in [9.17, 15) is 9.59 Å². The minimum absolute atomic E-state index is 0.0831. The standard InChI is InChI=1S/C14H19N3O2/c1-2-15-7-8-16-14(19)11-9-13(18)17-12-6-4-3-5-10(11)12/h3-6,11,15H,2,7-9H2,1H3,(H,16,19)(H,17,18). The summed E-state index contributed by atoms with van der Waals surface area (Å²) in [6, 6.07) is 7.45. The summed E-state index contributed by atoms with van der Waals surface area (Å²) in [5.41, 5.74) is 1.63. The third kappa shape index (κ3) is 3.32. The quantitative estimate of drug-likeness (QED) is 0.688. The van der Waals surface area contributed by atoms with E-state index in [1.165, 1.54) is 0 Å². The van der Waals surface area contributed by atoms with Crippen LogP contribution in [0.1, 0.15) is 24.8 Å². The molecule has 5 nitrogen and oxygen atoms in total. The van der Waals surface area contributed by atoms with Gasteiger partial charge in [-0.3, -0.25) is 9.59 Å². The molecule has 1 atom stereocenters. The van der Waals surface area contributed by atoms with Gasteiger partial charge in [-0.05, 0) is 18.2 Å². The fourth-order valence-corrected chi connectivity index (χ4v) is 2.22. The Morgan fingerprint density at radius 3 is 2.95 bits per heavy atom. The van der Waals surface area contributed by atoms with Crippen LogP contribution in [-0.2, 0) is 9.59 Å². The molecule has 0 aliphatic carbocycles. The van der Waals surface area contributed by atoms with Crippen molar-refractivity contribution in [2.24, 2.45) is 0 Å². The van der Waals surface area contributed by atoms with Crippen molar-refractivity contribution in [3.05, 3.63) is 29.8 Å². The van der Waals surface area contributed by atoms with Crippen molar-refractivity contribution in [2.75, 3.05) is 25.0 Å². The van der Waals surface area contributed by atoms with Crippen LogP contribution in [-0.4, -0.2) is 31.4 Å². The maximum atomic E-state index is 12.2. The van der Waals surface area contributed by atoms with Gasteiger partial charge in [0.25, 0.3) is 0 Å². The number of fused-ring (bicyclic) bond motifs is 1. The molecular weight excluding hydrogens is 242 g/mol. The average molecular weight is 261 g/mol. The van der Waals surface area contributed by atoms with Crippen LogP contribution in [0.3, 0.4) is 0 Å². The first-order chi connectivity index (χ1) is 9.22. The topological polar surface area (TPSA) is 70.2 Å². The van der Waals surface area contributed by atoms with Gasteiger partial charge in [-0.15, -0.1) is 0 Å². The molecule has 3 N–H and O–H groups in total. The number of carbonyl (C=O) groups excluding carboxylic acids is 2. The Morgan fingerprint density at radius 1 is 1.37 bits per heavy atom. The van der Waals surface area contributed by atoms with Gasteiger partial charge in [0.05, 0.1) is 5.92 Å². The van der Waals surface area contributed by atoms with E-state index in [-0.39, 0.29) is 24.2 Å². The molecule has 1 unspecified atom stereocenters. The van der Waals surface area contributed by atoms with Crippen molar-refractivity contribution in [3.8, 4) is 0 Å². The number of anilines is 1. The zero-order chi connectivity index (χ0) is 13.7. The molecule has 0 saturated carbocycles. The van der Waals surface area contributed by atoms with E-state index in [0.29, 0.717) is 6.54 Å². The lowest BCUT2D eigenvalue weighted by molar-refractivity contribution is -0.126. The molecule has 0 saturated heterocycles. The number of likely N-dealkylation sites (N-methyl/N-ethyl adjacent to an activating group) is 1. The first-order valence-electron chi connectivity index (χ1n) is 6.59. The van der Waals surface area contributed by atoms with Crippen molar-refractivity contribution >= 4 is 17.5 Å². The van der Waals surface area contributed by atoms with Crippen LogP contribution >= 0.6 is 0 Å². The molecule has 1 aromatic carbocycles. The van der Waals surface area contributed by atoms with Crippen LogP contribution in [0, 0.1) is 0 Å². The first-order valence-corrected chi connectivity index (χ1v) is 6.59. The van der Waals surface area contributed by atoms with Crippen molar-refractivity contribution in [2.45, 2.75) is 19.3 Å². The van der Waals surface area contributed by atoms with Gasteiger partial charge < -0.3 is 16.0 Å². The fraction of sp³-hybridized carbons (Fsp3) is 0.429. The molecular formula is C14H19N3O2. The van der Waals surface area contributed by atoms with Crippen LogP contribution in [0.15, 0.2) is 24.3 Å². The second-order valence-electron chi connectivity index (χ2n) is 4.54. The summed E-state index contributed by atoms with van der Waals surface area (Å²) in [7, 11) is 0. The molecule has 0 bridgehead atoms. The highest BCUT2D eigenvalue weighted by Gasteiger charge is 2.29. The SMILES string of the molecule is CCNCCNC(=O)C1CC(=O)Nc2ccccc21. The summed E-state index contributed by atoms with van der Waals surface area (Å²) >= 11 is 0. The van der Waals surface area contributed by atoms with Gasteiger partial charge in [0.15, 0.2) is 0 Å². The minimum Gasteiger partial charge on any atom is -0.354 e. The van der Waals surface area contributed by atoms with Gasteiger partial charge in [0, 0.05) is 25.2 Å². The van der Waals surface area contributed by atoms with E-state index in [1.54, 1.807) is 0 Å². The Hall–Kier alpha value is -1.88. The first kappa shape index (κ1) is 13.5. The number of benzene rings is 1. The summed E-state index contributed by atoms with van der Waals surface area (Å²) in [5.74, 6) is -0.572. The Bertz CT molecular complexity index is 474. The van der Waals surface area contributed by atoms with E-state index in [2.05, 4.69) is 16.0 Å². The van der Waals surface area contributed by atoms with Gasteiger partial charge in [-0.2, -0.15) is 0 Å². The third-order valence-corrected chi connectivity index (χ3v) is 3.17. The largest absolute Gasteiger partial charge is 0.354 e. The molecule has 1 aliphatic heterocycles. The molecule has 2 rings (SSSR count). The second kappa shape index (κ2) is 6.33. The maximum absolute atomic E-state index is 12.2. The number of para-hydroxylation sites is 1. The lowest BCUT2D eigenvalue weighted by atomic mass is 9.90. The van der Waals surface area contributed by atoms with Crippen LogP contribution < -0.4 is 16.0 Å². The number of hydrogen-bond donors (Lipinski definition) is 3. The van der Waals surface area contributed by atoms with E-state index >= 15 is 0 Å². The van der Waals surface area contributed by atoms with Gasteiger partial charge >= 0.3 is 0 Å². The number of rotatable bonds is 5. The van der Waals surface area contributed by atoms with Gasteiger partial charge in [0.1, 0.15) is 0 Å². The summed E-state index contributed by atoms with van der Waals surface area (Å²) < 4.78 is 0. The van der Waals surface area contributed by atoms with Crippen LogP contribution in [0.5, 0.6) is 0 Å². The lowest BCUT2D eigenvalue weighted by Gasteiger charge is -2.24. The van der Waals surface area contributed by atoms with Crippen LogP contribution in [0.2, 0.25) is 0 Å². The molecule has 1 heterocycles. The Balaban J connectivity index is 2.03. The Kier molecular flexibility index (Phi) is 4.52. The molecule has 0 spiro atoms. The number of hydrogen-bond acceptors (Lipinski definition) is 3. The lowest BCUT2D eigenvalue weighted by Crippen LogP contribution is -2.38. The average Bonchev–Trinajstić information content (AvgIpc) is 2.42. The smallest absolute Gasteiger partial charge is 0.228 e. The summed E-state index contributed by atoms with van der Waals surface area (Å²) in [5, 5.41) is 8.80. The highest BCUT2D eigenvalue weighted by molar-refractivity contribution is 6.01. The summed E-state index contributed by atoms with van der Waals surface area (Å²) in [6.45, 7) is 4.21. The number of carbonyl (C=O) groups is 2. The molecule has 5 heteroatoms. The predicted octanol–water partition coefficient (Wildman–Crippen LogP) is 0.838. The molecule has 19 heavy (non-hydrogen) atoms. The zero-order valence-electron chi connectivity index (χ0n) is 11.0. The fourth-order valence-electron chi connectivity index (χ4n) is 2.22. The molecule has 0 aromatic heterocycles. The van der Waals surface area contributed by atoms with E-state index in [4.69, 9.17) is 0 Å². The van der Waals surface area contributed by atoms with Gasteiger partial charge in [-0.1, -0.05) is 25.1 Å². The number of amides is 2. The summed E-state index contributed by atoms with van der Waals surface area (Å²) in [6.07, 6.45) is 0.212. The molecule has 102 valence electrons. The molecule has 1 aromatic rings. The van der Waals surface area contributed by atoms with Gasteiger partial charge in [0.2, 0.25) is 11.8 Å². The minimum atomic E-state index is -0.383. The highest BCUT2D eigenvalue weighted by Crippen LogP contribution is 2.31. The van der Waals surface area contributed by atoms with Crippen molar-refractivity contribution < 1.29 is 9.59 Å². The second-order valence-corrected chi connectivity index (χ2v) is 4.54. The monoisotopic (exact) mass is 261 g/mol.